The second-order valence-electron chi connectivity index (χ2n) is 7.93. The molecule has 0 aliphatic heterocycles. The Hall–Kier alpha value is -1.77. The average Bonchev–Trinajstić information content (AvgIpc) is 3.03. The number of fused-ring (bicyclic) bond motifs is 2. The summed E-state index contributed by atoms with van der Waals surface area (Å²) in [4.78, 5) is 10.8. The largest absolute Gasteiger partial charge is 0.482 e. The maximum atomic E-state index is 10.8. The summed E-state index contributed by atoms with van der Waals surface area (Å²) in [6.45, 7) is 2.00. The zero-order valence-corrected chi connectivity index (χ0v) is 16.0. The van der Waals surface area contributed by atoms with Crippen LogP contribution < -0.4 is 4.74 Å². The summed E-state index contributed by atoms with van der Waals surface area (Å²) < 4.78 is 5.54. The van der Waals surface area contributed by atoms with Gasteiger partial charge in [0.25, 0.3) is 0 Å². The highest BCUT2D eigenvalue weighted by Crippen LogP contribution is 2.47. The maximum absolute atomic E-state index is 10.8. The zero-order chi connectivity index (χ0) is 18.4. The minimum Gasteiger partial charge on any atom is -0.482 e. The number of allylic oxidation sites excluding steroid dienone is 2. The Balaban J connectivity index is 1.60. The fourth-order valence-electron chi connectivity index (χ4n) is 4.78. The summed E-state index contributed by atoms with van der Waals surface area (Å²) in [6.07, 6.45) is 16.2. The molecule has 0 radical (unpaired) electrons. The molecule has 0 heterocycles. The smallest absolute Gasteiger partial charge is 0.341 e. The first-order chi connectivity index (χ1) is 12.7. The van der Waals surface area contributed by atoms with Gasteiger partial charge in [0.05, 0.1) is 0 Å². The molecule has 3 rings (SSSR count). The van der Waals surface area contributed by atoms with Crippen LogP contribution in [0.3, 0.4) is 0 Å². The SMILES string of the molecule is CCCCCC/C=C/C1CCC2Cc3c(cccc3OCC(=O)O)CC12. The van der Waals surface area contributed by atoms with Crippen LogP contribution in [0, 0.1) is 17.8 Å². The van der Waals surface area contributed by atoms with Crippen molar-refractivity contribution in [1.29, 1.82) is 0 Å². The third-order valence-electron chi connectivity index (χ3n) is 6.14. The van der Waals surface area contributed by atoms with E-state index < -0.39 is 5.97 Å². The second kappa shape index (κ2) is 9.25. The van der Waals surface area contributed by atoms with Crippen LogP contribution in [0.1, 0.15) is 63.0 Å². The molecule has 142 valence electrons. The van der Waals surface area contributed by atoms with Crippen molar-refractivity contribution in [2.75, 3.05) is 6.61 Å². The van der Waals surface area contributed by atoms with E-state index in [1.54, 1.807) is 0 Å². The van der Waals surface area contributed by atoms with Crippen LogP contribution in [0.15, 0.2) is 30.4 Å². The Morgan fingerprint density at radius 3 is 2.92 bits per heavy atom. The molecule has 1 saturated carbocycles. The number of ether oxygens (including phenoxy) is 1. The van der Waals surface area contributed by atoms with Crippen molar-refractivity contribution in [3.8, 4) is 5.75 Å². The Bertz CT molecular complexity index is 634. The molecule has 0 bridgehead atoms. The quantitative estimate of drug-likeness (QED) is 0.475. The predicted molar refractivity (Wildman–Crippen MR) is 105 cm³/mol. The molecule has 0 saturated heterocycles. The zero-order valence-electron chi connectivity index (χ0n) is 16.0. The number of hydrogen-bond donors (Lipinski definition) is 1. The number of carboxylic acids is 1. The number of benzene rings is 1. The molecule has 3 unspecified atom stereocenters. The standard InChI is InChI=1S/C23H32O3/c1-2-3-4-5-6-7-9-17-12-13-19-15-21-18(14-20(17)19)10-8-11-22(21)26-16-23(24)25/h7-11,17,19-20H,2-6,12-16H2,1H3,(H,24,25)/b9-7+. The number of carboxylic acid groups (broad SMARTS) is 1. The van der Waals surface area contributed by atoms with Crippen molar-refractivity contribution >= 4 is 5.97 Å². The van der Waals surface area contributed by atoms with Gasteiger partial charge in [0, 0.05) is 0 Å². The van der Waals surface area contributed by atoms with Gasteiger partial charge in [-0.25, -0.2) is 4.79 Å². The first-order valence-corrected chi connectivity index (χ1v) is 10.3. The van der Waals surface area contributed by atoms with Crippen molar-refractivity contribution in [3.05, 3.63) is 41.5 Å². The van der Waals surface area contributed by atoms with Crippen LogP contribution in [0.4, 0.5) is 0 Å². The summed E-state index contributed by atoms with van der Waals surface area (Å²) in [6, 6.07) is 6.12. The molecule has 1 fully saturated rings. The lowest BCUT2D eigenvalue weighted by Gasteiger charge is -2.31. The first kappa shape index (κ1) is 19.0. The third kappa shape index (κ3) is 4.69. The van der Waals surface area contributed by atoms with E-state index in [1.165, 1.54) is 56.1 Å². The van der Waals surface area contributed by atoms with Gasteiger partial charge in [0.2, 0.25) is 0 Å². The fourth-order valence-corrected chi connectivity index (χ4v) is 4.78. The molecule has 2 aliphatic carbocycles. The Morgan fingerprint density at radius 1 is 1.23 bits per heavy atom. The third-order valence-corrected chi connectivity index (χ3v) is 6.14. The molecular formula is C23H32O3. The molecule has 3 nitrogen and oxygen atoms in total. The number of unbranched alkanes of at least 4 members (excludes halogenated alkanes) is 4. The molecular weight excluding hydrogens is 324 g/mol. The molecule has 0 amide bonds. The van der Waals surface area contributed by atoms with E-state index in [2.05, 4.69) is 25.1 Å². The predicted octanol–water partition coefficient (Wildman–Crippen LogP) is 5.42. The lowest BCUT2D eigenvalue weighted by atomic mass is 9.74. The topological polar surface area (TPSA) is 46.5 Å². The summed E-state index contributed by atoms with van der Waals surface area (Å²) in [7, 11) is 0. The molecule has 1 N–H and O–H groups in total. The van der Waals surface area contributed by atoms with Gasteiger partial charge in [-0.05, 0) is 73.5 Å². The molecule has 0 aromatic heterocycles. The van der Waals surface area contributed by atoms with Gasteiger partial charge in [-0.3, -0.25) is 0 Å². The van der Waals surface area contributed by atoms with Crippen molar-refractivity contribution in [1.82, 2.24) is 0 Å². The van der Waals surface area contributed by atoms with Crippen molar-refractivity contribution < 1.29 is 14.6 Å². The van der Waals surface area contributed by atoms with Crippen molar-refractivity contribution in [3.63, 3.8) is 0 Å². The summed E-state index contributed by atoms with van der Waals surface area (Å²) >= 11 is 0. The first-order valence-electron chi connectivity index (χ1n) is 10.3. The van der Waals surface area contributed by atoms with Gasteiger partial charge < -0.3 is 9.84 Å². The van der Waals surface area contributed by atoms with Gasteiger partial charge in [0.1, 0.15) is 5.75 Å². The Kier molecular flexibility index (Phi) is 6.76. The lowest BCUT2D eigenvalue weighted by Crippen LogP contribution is -2.25. The highest BCUT2D eigenvalue weighted by atomic mass is 16.5. The van der Waals surface area contributed by atoms with E-state index in [-0.39, 0.29) is 6.61 Å². The fraction of sp³-hybridized carbons (Fsp3) is 0.609. The maximum Gasteiger partial charge on any atom is 0.341 e. The van der Waals surface area contributed by atoms with E-state index >= 15 is 0 Å². The van der Waals surface area contributed by atoms with Crippen LogP contribution in [0.5, 0.6) is 5.75 Å². The average molecular weight is 357 g/mol. The van der Waals surface area contributed by atoms with Crippen LogP contribution in [0.2, 0.25) is 0 Å². The van der Waals surface area contributed by atoms with Gasteiger partial charge in [-0.15, -0.1) is 0 Å². The van der Waals surface area contributed by atoms with Crippen molar-refractivity contribution in [2.24, 2.45) is 17.8 Å². The summed E-state index contributed by atoms with van der Waals surface area (Å²) in [5, 5.41) is 8.88. The van der Waals surface area contributed by atoms with E-state index in [1.807, 2.05) is 12.1 Å². The second-order valence-corrected chi connectivity index (χ2v) is 7.93. The summed E-state index contributed by atoms with van der Waals surface area (Å²) in [5.74, 6) is 2.03. The molecule has 2 aliphatic rings. The molecule has 1 aromatic carbocycles. The molecule has 26 heavy (non-hydrogen) atoms. The van der Waals surface area contributed by atoms with E-state index in [0.717, 1.165) is 24.5 Å². The van der Waals surface area contributed by atoms with Crippen LogP contribution in [0.25, 0.3) is 0 Å². The number of carbonyl (C=O) groups is 1. The van der Waals surface area contributed by atoms with Gasteiger partial charge in [-0.1, -0.05) is 50.5 Å². The number of aliphatic carboxylic acids is 1. The molecule has 3 atom stereocenters. The Morgan fingerprint density at radius 2 is 2.12 bits per heavy atom. The highest BCUT2D eigenvalue weighted by Gasteiger charge is 2.38. The van der Waals surface area contributed by atoms with E-state index in [0.29, 0.717) is 11.8 Å². The minimum atomic E-state index is -0.915. The molecule has 1 aromatic rings. The van der Waals surface area contributed by atoms with Gasteiger partial charge in [-0.2, -0.15) is 0 Å². The van der Waals surface area contributed by atoms with Crippen LogP contribution in [-0.4, -0.2) is 17.7 Å². The lowest BCUT2D eigenvalue weighted by molar-refractivity contribution is -0.139. The minimum absolute atomic E-state index is 0.256. The summed E-state index contributed by atoms with van der Waals surface area (Å²) in [5.41, 5.74) is 2.61. The van der Waals surface area contributed by atoms with Gasteiger partial charge >= 0.3 is 5.97 Å². The number of rotatable bonds is 9. The normalized spacial score (nSPS) is 24.4. The highest BCUT2D eigenvalue weighted by molar-refractivity contribution is 5.68. The van der Waals surface area contributed by atoms with Crippen LogP contribution in [-0.2, 0) is 17.6 Å². The van der Waals surface area contributed by atoms with E-state index in [4.69, 9.17) is 9.84 Å². The monoisotopic (exact) mass is 356 g/mol. The molecule has 0 spiro atoms. The van der Waals surface area contributed by atoms with E-state index in [9.17, 15) is 4.79 Å². The Labute approximate surface area is 157 Å². The van der Waals surface area contributed by atoms with Crippen LogP contribution >= 0.6 is 0 Å². The molecule has 3 heteroatoms. The van der Waals surface area contributed by atoms with Crippen molar-refractivity contribution in [2.45, 2.75) is 64.7 Å². The number of hydrogen-bond acceptors (Lipinski definition) is 2. The van der Waals surface area contributed by atoms with Gasteiger partial charge in [0.15, 0.2) is 6.61 Å².